The molecule has 0 atom stereocenters. The SMILES string of the molecule is CCC(CC)(CO)NC(=O)c1ccc2ccccc2c1O. The van der Waals surface area contributed by atoms with Gasteiger partial charge in [0.1, 0.15) is 5.75 Å². The van der Waals surface area contributed by atoms with Gasteiger partial charge >= 0.3 is 0 Å². The van der Waals surface area contributed by atoms with Gasteiger partial charge < -0.3 is 15.5 Å². The zero-order valence-electron chi connectivity index (χ0n) is 12.4. The molecule has 0 aliphatic rings. The Bertz CT molecular complexity index is 639. The summed E-state index contributed by atoms with van der Waals surface area (Å²) >= 11 is 0. The van der Waals surface area contributed by atoms with Gasteiger partial charge in [0.15, 0.2) is 0 Å². The summed E-state index contributed by atoms with van der Waals surface area (Å²) in [6.45, 7) is 3.71. The Hall–Kier alpha value is -2.07. The zero-order valence-corrected chi connectivity index (χ0v) is 12.4. The highest BCUT2D eigenvalue weighted by atomic mass is 16.3. The second kappa shape index (κ2) is 6.14. The maximum atomic E-state index is 12.4. The number of phenols is 1. The molecular formula is C17H21NO3. The molecule has 4 heteroatoms. The quantitative estimate of drug-likeness (QED) is 0.792. The van der Waals surface area contributed by atoms with Crippen LogP contribution in [-0.2, 0) is 0 Å². The van der Waals surface area contributed by atoms with Crippen molar-refractivity contribution >= 4 is 16.7 Å². The average Bonchev–Trinajstić information content (AvgIpc) is 2.53. The van der Waals surface area contributed by atoms with Crippen LogP contribution in [0.15, 0.2) is 36.4 Å². The standard InChI is InChI=1S/C17H21NO3/c1-3-17(4-2,11-19)18-16(21)14-10-9-12-7-5-6-8-13(12)15(14)20/h5-10,19-20H,3-4,11H2,1-2H3,(H,18,21). The third-order valence-electron chi connectivity index (χ3n) is 4.18. The van der Waals surface area contributed by atoms with Crippen molar-refractivity contribution in [2.45, 2.75) is 32.2 Å². The minimum Gasteiger partial charge on any atom is -0.506 e. The lowest BCUT2D eigenvalue weighted by Crippen LogP contribution is -2.50. The highest BCUT2D eigenvalue weighted by molar-refractivity contribution is 6.03. The predicted octanol–water partition coefficient (Wildman–Crippen LogP) is 2.83. The molecule has 0 aromatic heterocycles. The third kappa shape index (κ3) is 2.85. The van der Waals surface area contributed by atoms with Gasteiger partial charge in [-0.15, -0.1) is 0 Å². The first-order valence-electron chi connectivity index (χ1n) is 7.21. The van der Waals surface area contributed by atoms with Gasteiger partial charge in [0, 0.05) is 5.39 Å². The van der Waals surface area contributed by atoms with Crippen molar-refractivity contribution in [3.8, 4) is 5.75 Å². The topological polar surface area (TPSA) is 69.6 Å². The fraction of sp³-hybridized carbons (Fsp3) is 0.353. The van der Waals surface area contributed by atoms with Gasteiger partial charge in [-0.1, -0.05) is 44.2 Å². The molecule has 112 valence electrons. The number of benzene rings is 2. The first-order chi connectivity index (χ1) is 10.1. The number of fused-ring (bicyclic) bond motifs is 1. The minimum absolute atomic E-state index is 0.0235. The van der Waals surface area contributed by atoms with E-state index < -0.39 is 5.54 Å². The van der Waals surface area contributed by atoms with E-state index in [1.165, 1.54) is 0 Å². The molecule has 3 N–H and O–H groups in total. The fourth-order valence-electron chi connectivity index (χ4n) is 2.44. The van der Waals surface area contributed by atoms with Gasteiger partial charge in [0.2, 0.25) is 0 Å². The molecule has 0 radical (unpaired) electrons. The molecule has 2 aromatic rings. The van der Waals surface area contributed by atoms with Crippen molar-refractivity contribution in [2.24, 2.45) is 0 Å². The van der Waals surface area contributed by atoms with Crippen LogP contribution in [0.25, 0.3) is 10.8 Å². The summed E-state index contributed by atoms with van der Waals surface area (Å²) in [6, 6.07) is 10.8. The van der Waals surface area contributed by atoms with E-state index >= 15 is 0 Å². The first kappa shape index (κ1) is 15.3. The molecule has 0 unspecified atom stereocenters. The predicted molar refractivity (Wildman–Crippen MR) is 83.5 cm³/mol. The molecule has 0 bridgehead atoms. The summed E-state index contributed by atoms with van der Waals surface area (Å²) in [5.41, 5.74) is -0.414. The Balaban J connectivity index is 2.38. The lowest BCUT2D eigenvalue weighted by molar-refractivity contribution is 0.0815. The van der Waals surface area contributed by atoms with Crippen molar-refractivity contribution in [3.63, 3.8) is 0 Å². The Morgan fingerprint density at radius 3 is 2.43 bits per heavy atom. The molecule has 0 aliphatic heterocycles. The van der Waals surface area contributed by atoms with Gasteiger partial charge in [0.05, 0.1) is 17.7 Å². The van der Waals surface area contributed by atoms with E-state index in [0.29, 0.717) is 18.2 Å². The van der Waals surface area contributed by atoms with E-state index in [2.05, 4.69) is 5.32 Å². The van der Waals surface area contributed by atoms with Crippen molar-refractivity contribution in [1.82, 2.24) is 5.32 Å². The number of hydrogen-bond acceptors (Lipinski definition) is 3. The summed E-state index contributed by atoms with van der Waals surface area (Å²) in [5, 5.41) is 24.2. The van der Waals surface area contributed by atoms with Crippen LogP contribution in [0.1, 0.15) is 37.0 Å². The number of phenolic OH excluding ortho intramolecular Hbond substituents is 1. The third-order valence-corrected chi connectivity index (χ3v) is 4.18. The van der Waals surface area contributed by atoms with E-state index in [-0.39, 0.29) is 23.8 Å². The van der Waals surface area contributed by atoms with E-state index in [1.807, 2.05) is 38.1 Å². The lowest BCUT2D eigenvalue weighted by Gasteiger charge is -2.30. The van der Waals surface area contributed by atoms with Crippen LogP contribution in [0, 0.1) is 0 Å². The zero-order chi connectivity index (χ0) is 15.5. The average molecular weight is 287 g/mol. The van der Waals surface area contributed by atoms with Crippen molar-refractivity contribution in [1.29, 1.82) is 0 Å². The maximum absolute atomic E-state index is 12.4. The van der Waals surface area contributed by atoms with Gasteiger partial charge in [-0.2, -0.15) is 0 Å². The summed E-state index contributed by atoms with van der Waals surface area (Å²) in [7, 11) is 0. The molecule has 0 heterocycles. The first-order valence-corrected chi connectivity index (χ1v) is 7.21. The Labute approximate surface area is 124 Å². The maximum Gasteiger partial charge on any atom is 0.255 e. The Morgan fingerprint density at radius 2 is 1.81 bits per heavy atom. The highest BCUT2D eigenvalue weighted by Crippen LogP contribution is 2.29. The molecule has 1 amide bonds. The molecule has 0 fully saturated rings. The van der Waals surface area contributed by atoms with Gasteiger partial charge in [-0.05, 0) is 24.3 Å². The number of hydrogen-bond donors (Lipinski definition) is 3. The molecule has 4 nitrogen and oxygen atoms in total. The van der Waals surface area contributed by atoms with Crippen molar-refractivity contribution < 1.29 is 15.0 Å². The second-order valence-corrected chi connectivity index (χ2v) is 5.28. The van der Waals surface area contributed by atoms with Crippen LogP contribution >= 0.6 is 0 Å². The monoisotopic (exact) mass is 287 g/mol. The smallest absolute Gasteiger partial charge is 0.255 e. The lowest BCUT2D eigenvalue weighted by atomic mass is 9.93. The highest BCUT2D eigenvalue weighted by Gasteiger charge is 2.28. The fourth-order valence-corrected chi connectivity index (χ4v) is 2.44. The number of aliphatic hydroxyl groups excluding tert-OH is 1. The summed E-state index contributed by atoms with van der Waals surface area (Å²) in [4.78, 5) is 12.4. The second-order valence-electron chi connectivity index (χ2n) is 5.28. The number of carbonyl (C=O) groups is 1. The number of amides is 1. The largest absolute Gasteiger partial charge is 0.506 e. The number of aliphatic hydroxyl groups is 1. The van der Waals surface area contributed by atoms with E-state index in [4.69, 9.17) is 0 Å². The Kier molecular flexibility index (Phi) is 4.48. The van der Waals surface area contributed by atoms with Crippen LogP contribution in [0.2, 0.25) is 0 Å². The molecule has 0 aliphatic carbocycles. The molecule has 2 rings (SSSR count). The molecular weight excluding hydrogens is 266 g/mol. The van der Waals surface area contributed by atoms with E-state index in [9.17, 15) is 15.0 Å². The number of carbonyl (C=O) groups excluding carboxylic acids is 1. The minimum atomic E-state index is -0.644. The molecule has 2 aromatic carbocycles. The normalized spacial score (nSPS) is 11.6. The van der Waals surface area contributed by atoms with Crippen LogP contribution in [-0.4, -0.2) is 28.3 Å². The molecule has 0 saturated heterocycles. The van der Waals surface area contributed by atoms with Crippen LogP contribution in [0.3, 0.4) is 0 Å². The molecule has 21 heavy (non-hydrogen) atoms. The van der Waals surface area contributed by atoms with Crippen LogP contribution < -0.4 is 5.32 Å². The van der Waals surface area contributed by atoms with Crippen LogP contribution in [0.5, 0.6) is 5.75 Å². The number of nitrogens with one attached hydrogen (secondary N) is 1. The van der Waals surface area contributed by atoms with Gasteiger partial charge in [-0.3, -0.25) is 4.79 Å². The molecule has 0 saturated carbocycles. The van der Waals surface area contributed by atoms with Crippen molar-refractivity contribution in [3.05, 3.63) is 42.0 Å². The van der Waals surface area contributed by atoms with Crippen molar-refractivity contribution in [2.75, 3.05) is 6.61 Å². The van der Waals surface area contributed by atoms with E-state index in [0.717, 1.165) is 5.39 Å². The van der Waals surface area contributed by atoms with Gasteiger partial charge in [-0.25, -0.2) is 0 Å². The summed E-state index contributed by atoms with van der Waals surface area (Å²) in [6.07, 6.45) is 1.25. The van der Waals surface area contributed by atoms with E-state index in [1.54, 1.807) is 12.1 Å². The molecule has 0 spiro atoms. The Morgan fingerprint density at radius 1 is 1.14 bits per heavy atom. The number of aromatic hydroxyl groups is 1. The summed E-state index contributed by atoms with van der Waals surface area (Å²) < 4.78 is 0. The number of rotatable bonds is 5. The van der Waals surface area contributed by atoms with Gasteiger partial charge in [0.25, 0.3) is 5.91 Å². The summed E-state index contributed by atoms with van der Waals surface area (Å²) in [5.74, 6) is -0.388. The van der Waals surface area contributed by atoms with Crippen LogP contribution in [0.4, 0.5) is 0 Å².